The van der Waals surface area contributed by atoms with Crippen molar-refractivity contribution >= 4 is 56.1 Å². The lowest BCUT2D eigenvalue weighted by molar-refractivity contribution is 0.993. The highest BCUT2D eigenvalue weighted by molar-refractivity contribution is 9.10. The van der Waals surface area contributed by atoms with E-state index in [0.717, 1.165) is 21.0 Å². The molecule has 2 heterocycles. The molecule has 3 rings (SSSR count). The predicted octanol–water partition coefficient (Wildman–Crippen LogP) is 4.41. The third-order valence-electron chi connectivity index (χ3n) is 2.99. The Morgan fingerprint density at radius 1 is 1.29 bits per heavy atom. The Labute approximate surface area is 139 Å². The summed E-state index contributed by atoms with van der Waals surface area (Å²) >= 11 is 11.3. The van der Waals surface area contributed by atoms with E-state index in [1.165, 1.54) is 11.8 Å². The van der Waals surface area contributed by atoms with Gasteiger partial charge in [0.05, 0.1) is 0 Å². The molecule has 0 fully saturated rings. The van der Waals surface area contributed by atoms with Crippen LogP contribution in [0, 0.1) is 0 Å². The molecule has 2 N–H and O–H groups in total. The molecule has 21 heavy (non-hydrogen) atoms. The van der Waals surface area contributed by atoms with Crippen molar-refractivity contribution in [3.8, 4) is 11.1 Å². The first-order valence-corrected chi connectivity index (χ1v) is 8.41. The van der Waals surface area contributed by atoms with Crippen molar-refractivity contribution in [2.75, 3.05) is 12.0 Å². The Hall–Kier alpha value is -1.37. The van der Waals surface area contributed by atoms with Crippen LogP contribution in [-0.4, -0.2) is 21.2 Å². The highest BCUT2D eigenvalue weighted by Crippen LogP contribution is 2.38. The summed E-state index contributed by atoms with van der Waals surface area (Å²) in [7, 11) is 0. The van der Waals surface area contributed by atoms with Crippen LogP contribution < -0.4 is 5.73 Å². The van der Waals surface area contributed by atoms with Crippen molar-refractivity contribution in [3.63, 3.8) is 0 Å². The molecule has 0 unspecified atom stereocenters. The average molecular weight is 382 g/mol. The van der Waals surface area contributed by atoms with Gasteiger partial charge in [-0.3, -0.25) is 0 Å². The molecule has 0 saturated heterocycles. The summed E-state index contributed by atoms with van der Waals surface area (Å²) in [6.45, 7) is 0. The molecule has 0 radical (unpaired) electrons. The van der Waals surface area contributed by atoms with E-state index in [9.17, 15) is 0 Å². The fraction of sp³-hybridized carbons (Fsp3) is 0.0714. The molecule has 0 spiro atoms. The van der Waals surface area contributed by atoms with E-state index in [1.54, 1.807) is 6.20 Å². The molecule has 7 heteroatoms. The number of nitrogens with two attached hydrogens (primary N) is 1. The van der Waals surface area contributed by atoms with Gasteiger partial charge >= 0.3 is 0 Å². The van der Waals surface area contributed by atoms with Crippen LogP contribution >= 0.6 is 39.3 Å². The standard InChI is InChI=1S/C14H10BrClN4S/c1-21-14-18-6-7-5-8(12(17)19-13(7)20-14)11-9(15)3-2-4-10(11)16/h2-6H,1H3,(H2,17,18,19,20). The van der Waals surface area contributed by atoms with E-state index in [4.69, 9.17) is 17.3 Å². The van der Waals surface area contributed by atoms with Crippen molar-refractivity contribution in [2.45, 2.75) is 5.16 Å². The van der Waals surface area contributed by atoms with Gasteiger partial charge in [-0.1, -0.05) is 45.4 Å². The largest absolute Gasteiger partial charge is 0.383 e. The Morgan fingerprint density at radius 3 is 2.81 bits per heavy atom. The SMILES string of the molecule is CSc1ncc2cc(-c3c(Cl)cccc3Br)c(N)nc2n1. The zero-order valence-electron chi connectivity index (χ0n) is 11.0. The molecule has 0 aliphatic carbocycles. The molecule has 0 aliphatic heterocycles. The summed E-state index contributed by atoms with van der Waals surface area (Å²) in [6, 6.07) is 7.51. The van der Waals surface area contributed by atoms with Crippen LogP contribution in [0.15, 0.2) is 40.1 Å². The Kier molecular flexibility index (Phi) is 4.01. The molecule has 1 aromatic carbocycles. The van der Waals surface area contributed by atoms with Gasteiger partial charge in [0.25, 0.3) is 0 Å². The van der Waals surface area contributed by atoms with Crippen LogP contribution in [0.2, 0.25) is 5.02 Å². The van der Waals surface area contributed by atoms with Gasteiger partial charge in [-0.2, -0.15) is 0 Å². The van der Waals surface area contributed by atoms with E-state index in [0.29, 0.717) is 21.6 Å². The molecule has 2 aromatic heterocycles. The van der Waals surface area contributed by atoms with Crippen LogP contribution in [0.3, 0.4) is 0 Å². The first-order chi connectivity index (χ1) is 10.1. The highest BCUT2D eigenvalue weighted by atomic mass is 79.9. The summed E-state index contributed by atoms with van der Waals surface area (Å²) < 4.78 is 0.865. The Bertz CT molecular complexity index is 820. The lowest BCUT2D eigenvalue weighted by Crippen LogP contribution is -1.98. The van der Waals surface area contributed by atoms with Crippen LogP contribution in [0.1, 0.15) is 0 Å². The van der Waals surface area contributed by atoms with Crippen LogP contribution in [0.5, 0.6) is 0 Å². The highest BCUT2D eigenvalue weighted by Gasteiger charge is 2.14. The number of nitrogen functional groups attached to an aromatic ring is 1. The third kappa shape index (κ3) is 2.71. The monoisotopic (exact) mass is 380 g/mol. The van der Waals surface area contributed by atoms with Crippen LogP contribution in [0.25, 0.3) is 22.2 Å². The summed E-state index contributed by atoms with van der Waals surface area (Å²) in [5.74, 6) is 0.391. The van der Waals surface area contributed by atoms with Crippen molar-refractivity contribution in [1.82, 2.24) is 15.0 Å². The molecule has 0 saturated carbocycles. The van der Waals surface area contributed by atoms with Gasteiger partial charge in [-0.05, 0) is 24.5 Å². The van der Waals surface area contributed by atoms with Gasteiger partial charge < -0.3 is 5.73 Å². The maximum atomic E-state index is 6.29. The van der Waals surface area contributed by atoms with E-state index in [1.807, 2.05) is 30.5 Å². The second-order valence-electron chi connectivity index (χ2n) is 4.29. The number of thioether (sulfide) groups is 1. The Balaban J connectivity index is 2.27. The molecule has 106 valence electrons. The van der Waals surface area contributed by atoms with Crippen molar-refractivity contribution < 1.29 is 0 Å². The number of halogens is 2. The van der Waals surface area contributed by atoms with Gasteiger partial charge in [0, 0.05) is 32.2 Å². The number of rotatable bonds is 2. The summed E-state index contributed by atoms with van der Waals surface area (Å²) in [5, 5.41) is 2.10. The zero-order valence-corrected chi connectivity index (χ0v) is 14.1. The second-order valence-corrected chi connectivity index (χ2v) is 6.32. The van der Waals surface area contributed by atoms with Crippen LogP contribution in [-0.2, 0) is 0 Å². The minimum absolute atomic E-state index is 0.391. The number of anilines is 1. The van der Waals surface area contributed by atoms with Crippen molar-refractivity contribution in [1.29, 1.82) is 0 Å². The van der Waals surface area contributed by atoms with Crippen molar-refractivity contribution in [3.05, 3.63) is 40.0 Å². The first kappa shape index (κ1) is 14.6. The van der Waals surface area contributed by atoms with Gasteiger partial charge in [0.1, 0.15) is 5.82 Å². The molecular weight excluding hydrogens is 372 g/mol. The van der Waals surface area contributed by atoms with Crippen LogP contribution in [0.4, 0.5) is 5.82 Å². The molecular formula is C14H10BrClN4S. The maximum absolute atomic E-state index is 6.29. The fourth-order valence-corrected chi connectivity index (χ4v) is 3.32. The summed E-state index contributed by atoms with van der Waals surface area (Å²) in [4.78, 5) is 13.0. The maximum Gasteiger partial charge on any atom is 0.189 e. The molecule has 0 amide bonds. The fourth-order valence-electron chi connectivity index (χ4n) is 2.02. The minimum Gasteiger partial charge on any atom is -0.383 e. The van der Waals surface area contributed by atoms with E-state index in [-0.39, 0.29) is 0 Å². The normalized spacial score (nSPS) is 11.0. The molecule has 4 nitrogen and oxygen atoms in total. The quantitative estimate of drug-likeness (QED) is 0.526. The number of hydrogen-bond donors (Lipinski definition) is 1. The van der Waals surface area contributed by atoms with E-state index < -0.39 is 0 Å². The number of pyridine rings is 1. The van der Waals surface area contributed by atoms with Gasteiger partial charge in [-0.15, -0.1) is 0 Å². The number of nitrogens with zero attached hydrogens (tertiary/aromatic N) is 3. The molecule has 3 aromatic rings. The lowest BCUT2D eigenvalue weighted by Gasteiger charge is -2.10. The summed E-state index contributed by atoms with van der Waals surface area (Å²) in [6.07, 6.45) is 3.66. The average Bonchev–Trinajstić information content (AvgIpc) is 2.47. The number of fused-ring (bicyclic) bond motifs is 1. The van der Waals surface area contributed by atoms with E-state index in [2.05, 4.69) is 30.9 Å². The number of aromatic nitrogens is 3. The predicted molar refractivity (Wildman–Crippen MR) is 91.7 cm³/mol. The lowest BCUT2D eigenvalue weighted by atomic mass is 10.1. The van der Waals surface area contributed by atoms with Gasteiger partial charge in [-0.25, -0.2) is 15.0 Å². The first-order valence-electron chi connectivity index (χ1n) is 6.02. The zero-order chi connectivity index (χ0) is 15.0. The minimum atomic E-state index is 0.391. The molecule has 0 bridgehead atoms. The topological polar surface area (TPSA) is 64.7 Å². The molecule has 0 atom stereocenters. The second kappa shape index (κ2) is 5.79. The number of benzene rings is 1. The van der Waals surface area contributed by atoms with Gasteiger partial charge in [0.15, 0.2) is 10.8 Å². The smallest absolute Gasteiger partial charge is 0.189 e. The summed E-state index contributed by atoms with van der Waals surface area (Å²) in [5.41, 5.74) is 8.26. The third-order valence-corrected chi connectivity index (χ3v) is 4.53. The van der Waals surface area contributed by atoms with Crippen molar-refractivity contribution in [2.24, 2.45) is 0 Å². The number of hydrogen-bond acceptors (Lipinski definition) is 5. The van der Waals surface area contributed by atoms with Gasteiger partial charge in [0.2, 0.25) is 0 Å². The molecule has 0 aliphatic rings. The Morgan fingerprint density at radius 2 is 2.10 bits per heavy atom. The van der Waals surface area contributed by atoms with E-state index >= 15 is 0 Å².